The normalized spacial score (nSPS) is 10.3. The van der Waals surface area contributed by atoms with E-state index in [0.717, 1.165) is 0 Å². The van der Waals surface area contributed by atoms with Gasteiger partial charge >= 0.3 is 91.1 Å². The quantitative estimate of drug-likeness (QED) is 0.159. The third-order valence-electron chi connectivity index (χ3n) is 4.33. The molecule has 0 atom stereocenters. The van der Waals surface area contributed by atoms with E-state index in [1.165, 1.54) is 6.08 Å². The Morgan fingerprint density at radius 3 is 1.37 bits per heavy atom. The number of rotatable bonds is 5. The van der Waals surface area contributed by atoms with Crippen LogP contribution in [0, 0.1) is 0 Å². The van der Waals surface area contributed by atoms with Gasteiger partial charge in [0.25, 0.3) is 0 Å². The molecule has 3 heteroatoms. The molecule has 0 fully saturated rings. The number of carbonyl (C=O) groups excluding carboxylic acids is 1. The fourth-order valence-electron chi connectivity index (χ4n) is 2.79. The second-order valence-corrected chi connectivity index (χ2v) is 12.9. The van der Waals surface area contributed by atoms with Crippen molar-refractivity contribution < 1.29 is 9.90 Å². The van der Waals surface area contributed by atoms with Gasteiger partial charge in [0.15, 0.2) is 5.78 Å². The fraction of sp³-hybridized carbons (Fsp3) is 0. The molecular formula is C27H22O2Tl. The van der Waals surface area contributed by atoms with Crippen LogP contribution in [-0.2, 0) is 0 Å². The standard InChI is InChI=1S/C15H12O2.2C6H5.Tl/c16-14(12-7-3-1-4-8-12)11-15(17)13-9-5-2-6-10-13;2*1-2-4-6-5-3-1;/h1-11,16H;2*1-5H;. The Morgan fingerprint density at radius 2 is 0.933 bits per heavy atom. The summed E-state index contributed by atoms with van der Waals surface area (Å²) in [5.74, 6) is -0.216. The maximum atomic E-state index is 11.8. The van der Waals surface area contributed by atoms with Crippen molar-refractivity contribution in [2.45, 2.75) is 0 Å². The molecule has 0 saturated carbocycles. The van der Waals surface area contributed by atoms with Crippen molar-refractivity contribution in [3.05, 3.63) is 139 Å². The summed E-state index contributed by atoms with van der Waals surface area (Å²) < 4.78 is 3.16. The molecule has 4 aromatic rings. The summed E-state index contributed by atoms with van der Waals surface area (Å²) in [5.41, 5.74) is 1.20. The Kier molecular flexibility index (Phi) is 8.60. The van der Waals surface area contributed by atoms with Crippen molar-refractivity contribution in [2.24, 2.45) is 0 Å². The van der Waals surface area contributed by atoms with Gasteiger partial charge < -0.3 is 5.11 Å². The zero-order chi connectivity index (χ0) is 21.0. The van der Waals surface area contributed by atoms with Gasteiger partial charge in [-0.05, 0) is 0 Å². The molecule has 0 aliphatic rings. The third-order valence-corrected chi connectivity index (χ3v) is 9.91. The molecule has 4 rings (SSSR count). The Bertz CT molecular complexity index is 1020. The van der Waals surface area contributed by atoms with Crippen molar-refractivity contribution in [3.63, 3.8) is 0 Å². The molecule has 0 amide bonds. The third kappa shape index (κ3) is 7.12. The predicted octanol–water partition coefficient (Wildman–Crippen LogP) is 4.81. The Balaban J connectivity index is 0.000000177. The number of aliphatic hydroxyl groups excluding tert-OH is 1. The number of carbonyl (C=O) groups is 1. The van der Waals surface area contributed by atoms with Crippen LogP contribution in [0.3, 0.4) is 0 Å². The molecule has 0 unspecified atom stereocenters. The van der Waals surface area contributed by atoms with Gasteiger partial charge in [0.2, 0.25) is 0 Å². The first-order valence-corrected chi connectivity index (χ1v) is 14.2. The van der Waals surface area contributed by atoms with Crippen LogP contribution < -0.4 is 6.25 Å². The first-order valence-electron chi connectivity index (χ1n) is 9.73. The van der Waals surface area contributed by atoms with Crippen molar-refractivity contribution in [1.82, 2.24) is 0 Å². The molecule has 0 spiro atoms. The number of aliphatic hydroxyl groups is 1. The first kappa shape index (κ1) is 21.7. The second kappa shape index (κ2) is 11.9. The second-order valence-electron chi connectivity index (χ2n) is 6.59. The average Bonchev–Trinajstić information content (AvgIpc) is 2.82. The Labute approximate surface area is 189 Å². The number of hydrogen-bond donors (Lipinski definition) is 1. The minimum absolute atomic E-state index is 0.0144. The van der Waals surface area contributed by atoms with Gasteiger partial charge in [-0.15, -0.1) is 0 Å². The summed E-state index contributed by atoms with van der Waals surface area (Å²) in [6.07, 6.45) is 1.24. The zero-order valence-electron chi connectivity index (χ0n) is 16.6. The molecule has 1 N–H and O–H groups in total. The van der Waals surface area contributed by atoms with E-state index in [2.05, 4.69) is 60.7 Å². The molecule has 0 aromatic heterocycles. The van der Waals surface area contributed by atoms with E-state index in [1.54, 1.807) is 42.6 Å². The SMILES string of the molecule is O=C(C=C(O)c1ccccc1)c1ccccc1.c1cc[c]([Tl][c]2ccccc2)cc1. The molecule has 0 bridgehead atoms. The van der Waals surface area contributed by atoms with E-state index < -0.39 is 24.2 Å². The first-order chi connectivity index (χ1) is 14.7. The van der Waals surface area contributed by atoms with Crippen LogP contribution in [0.15, 0.2) is 127 Å². The predicted molar refractivity (Wildman–Crippen MR) is 126 cm³/mol. The number of benzene rings is 4. The van der Waals surface area contributed by atoms with Gasteiger partial charge in [0.1, 0.15) is 5.76 Å². The molecule has 2 nitrogen and oxygen atoms in total. The summed E-state index contributed by atoms with van der Waals surface area (Å²) in [6.45, 7) is 0. The van der Waals surface area contributed by atoms with Crippen LogP contribution in [-0.4, -0.2) is 35.1 Å². The van der Waals surface area contributed by atoms with Crippen molar-refractivity contribution >= 4 is 42.0 Å². The molecule has 0 aliphatic carbocycles. The monoisotopic (exact) mass is 583 g/mol. The fourth-order valence-corrected chi connectivity index (χ4v) is 7.51. The van der Waals surface area contributed by atoms with Crippen molar-refractivity contribution in [2.75, 3.05) is 0 Å². The van der Waals surface area contributed by atoms with E-state index in [9.17, 15) is 9.90 Å². The van der Waals surface area contributed by atoms with Crippen LogP contribution in [0.2, 0.25) is 0 Å². The summed E-state index contributed by atoms with van der Waals surface area (Å²) in [5, 5.41) is 9.79. The summed E-state index contributed by atoms with van der Waals surface area (Å²) >= 11 is -0.866. The van der Waals surface area contributed by atoms with Gasteiger partial charge in [0.05, 0.1) is 0 Å². The summed E-state index contributed by atoms with van der Waals surface area (Å²) in [6, 6.07) is 39.6. The Hall–Kier alpha value is -2.99. The minimum atomic E-state index is -0.866. The van der Waals surface area contributed by atoms with E-state index in [-0.39, 0.29) is 11.5 Å². The molecule has 30 heavy (non-hydrogen) atoms. The maximum absolute atomic E-state index is 11.8. The van der Waals surface area contributed by atoms with Gasteiger partial charge in [-0.3, -0.25) is 4.79 Å². The number of hydrogen-bond acceptors (Lipinski definition) is 2. The van der Waals surface area contributed by atoms with E-state index in [4.69, 9.17) is 0 Å². The van der Waals surface area contributed by atoms with Crippen LogP contribution in [0.1, 0.15) is 15.9 Å². The van der Waals surface area contributed by atoms with Crippen LogP contribution in [0.4, 0.5) is 0 Å². The zero-order valence-corrected chi connectivity index (χ0v) is 21.0. The summed E-state index contributed by atoms with van der Waals surface area (Å²) in [4.78, 5) is 11.8. The molecule has 0 saturated heterocycles. The summed E-state index contributed by atoms with van der Waals surface area (Å²) in [7, 11) is 0. The molecule has 145 valence electrons. The van der Waals surface area contributed by atoms with Crippen molar-refractivity contribution in [3.8, 4) is 0 Å². The molecule has 0 heterocycles. The van der Waals surface area contributed by atoms with Gasteiger partial charge in [-0.2, -0.15) is 0 Å². The number of ketones is 1. The van der Waals surface area contributed by atoms with E-state index in [1.807, 2.05) is 24.3 Å². The van der Waals surface area contributed by atoms with Gasteiger partial charge in [-0.25, -0.2) is 0 Å². The average molecular weight is 583 g/mol. The van der Waals surface area contributed by atoms with E-state index in [0.29, 0.717) is 11.1 Å². The molecule has 0 radical (unpaired) electrons. The molecule has 0 aliphatic heterocycles. The number of allylic oxidation sites excluding steroid dienone is 1. The van der Waals surface area contributed by atoms with Crippen LogP contribution in [0.25, 0.3) is 5.76 Å². The Morgan fingerprint density at radius 1 is 0.567 bits per heavy atom. The van der Waals surface area contributed by atoms with E-state index >= 15 is 0 Å². The van der Waals surface area contributed by atoms with Crippen molar-refractivity contribution in [1.29, 1.82) is 0 Å². The van der Waals surface area contributed by atoms with Gasteiger partial charge in [0, 0.05) is 17.2 Å². The van der Waals surface area contributed by atoms with Gasteiger partial charge in [-0.1, -0.05) is 60.7 Å². The molecular weight excluding hydrogens is 561 g/mol. The van der Waals surface area contributed by atoms with Crippen LogP contribution >= 0.6 is 0 Å². The van der Waals surface area contributed by atoms with Crippen LogP contribution in [0.5, 0.6) is 0 Å². The molecule has 4 aromatic carbocycles. The topological polar surface area (TPSA) is 37.3 Å².